The SMILES string of the molecule is COC(C)(C)c1nc2c(N)cc(Br)cc2[nH]1. The molecule has 0 spiro atoms. The molecular formula is C11H14BrN3O. The van der Waals surface area contributed by atoms with E-state index in [0.29, 0.717) is 5.69 Å². The van der Waals surface area contributed by atoms with E-state index in [1.54, 1.807) is 7.11 Å². The first-order valence-electron chi connectivity index (χ1n) is 4.94. The van der Waals surface area contributed by atoms with E-state index in [4.69, 9.17) is 10.5 Å². The molecule has 5 heteroatoms. The van der Waals surface area contributed by atoms with E-state index in [-0.39, 0.29) is 0 Å². The first-order chi connectivity index (χ1) is 7.44. The summed E-state index contributed by atoms with van der Waals surface area (Å²) >= 11 is 3.40. The number of imidazole rings is 1. The molecule has 3 N–H and O–H groups in total. The highest BCUT2D eigenvalue weighted by Gasteiger charge is 2.24. The molecule has 0 aliphatic heterocycles. The predicted molar refractivity (Wildman–Crippen MR) is 68.2 cm³/mol. The zero-order chi connectivity index (χ0) is 11.9. The summed E-state index contributed by atoms with van der Waals surface area (Å²) in [7, 11) is 1.66. The first kappa shape index (κ1) is 11.4. The maximum Gasteiger partial charge on any atom is 0.139 e. The third-order valence-electron chi connectivity index (χ3n) is 2.66. The standard InChI is InChI=1S/C11H14BrN3O/c1-11(2,16-3)10-14-8-5-6(12)4-7(13)9(8)15-10/h4-5H,13H2,1-3H3,(H,14,15). The Bertz CT molecular complexity index is 533. The topological polar surface area (TPSA) is 63.9 Å². The summed E-state index contributed by atoms with van der Waals surface area (Å²) in [5.74, 6) is 0.773. The van der Waals surface area contributed by atoms with Gasteiger partial charge in [-0.1, -0.05) is 15.9 Å². The number of nitrogens with zero attached hydrogens (tertiary/aromatic N) is 1. The molecule has 2 rings (SSSR count). The van der Waals surface area contributed by atoms with Gasteiger partial charge < -0.3 is 15.5 Å². The minimum atomic E-state index is -0.446. The summed E-state index contributed by atoms with van der Waals surface area (Å²) in [4.78, 5) is 7.69. The van der Waals surface area contributed by atoms with Crippen molar-refractivity contribution < 1.29 is 4.74 Å². The molecule has 4 nitrogen and oxygen atoms in total. The van der Waals surface area contributed by atoms with Crippen LogP contribution in [0.2, 0.25) is 0 Å². The summed E-state index contributed by atoms with van der Waals surface area (Å²) in [5.41, 5.74) is 7.80. The molecule has 1 heterocycles. The Morgan fingerprint density at radius 3 is 2.75 bits per heavy atom. The molecule has 86 valence electrons. The van der Waals surface area contributed by atoms with Crippen LogP contribution in [0.5, 0.6) is 0 Å². The summed E-state index contributed by atoms with van der Waals surface area (Å²) in [6.07, 6.45) is 0. The zero-order valence-corrected chi connectivity index (χ0v) is 11.1. The van der Waals surface area contributed by atoms with Crippen molar-refractivity contribution >= 4 is 32.7 Å². The Kier molecular flexibility index (Phi) is 2.67. The van der Waals surface area contributed by atoms with Crippen molar-refractivity contribution in [3.05, 3.63) is 22.4 Å². The number of ether oxygens (including phenoxy) is 1. The van der Waals surface area contributed by atoms with Crippen LogP contribution >= 0.6 is 15.9 Å². The van der Waals surface area contributed by atoms with Gasteiger partial charge >= 0.3 is 0 Å². The number of H-pyrrole nitrogens is 1. The van der Waals surface area contributed by atoms with Crippen molar-refractivity contribution in [3.63, 3.8) is 0 Å². The average Bonchev–Trinajstić information content (AvgIpc) is 2.62. The first-order valence-corrected chi connectivity index (χ1v) is 5.73. The molecule has 2 aromatic rings. The highest BCUT2D eigenvalue weighted by Crippen LogP contribution is 2.28. The molecule has 0 atom stereocenters. The minimum Gasteiger partial charge on any atom is -0.397 e. The van der Waals surface area contributed by atoms with E-state index in [1.165, 1.54) is 0 Å². The molecule has 0 bridgehead atoms. The van der Waals surface area contributed by atoms with E-state index in [2.05, 4.69) is 25.9 Å². The van der Waals surface area contributed by atoms with Crippen LogP contribution in [0.1, 0.15) is 19.7 Å². The lowest BCUT2D eigenvalue weighted by atomic mass is 10.1. The van der Waals surface area contributed by atoms with E-state index in [1.807, 2.05) is 26.0 Å². The van der Waals surface area contributed by atoms with Crippen LogP contribution in [-0.2, 0) is 10.3 Å². The largest absolute Gasteiger partial charge is 0.397 e. The van der Waals surface area contributed by atoms with Crippen molar-refractivity contribution in [2.24, 2.45) is 0 Å². The van der Waals surface area contributed by atoms with Gasteiger partial charge in [0.15, 0.2) is 0 Å². The van der Waals surface area contributed by atoms with Gasteiger partial charge in [0.1, 0.15) is 16.9 Å². The van der Waals surface area contributed by atoms with Crippen molar-refractivity contribution in [2.75, 3.05) is 12.8 Å². The molecule has 16 heavy (non-hydrogen) atoms. The predicted octanol–water partition coefficient (Wildman–Crippen LogP) is 2.79. The van der Waals surface area contributed by atoms with Crippen LogP contribution in [-0.4, -0.2) is 17.1 Å². The van der Waals surface area contributed by atoms with Gasteiger partial charge in [0, 0.05) is 11.6 Å². The van der Waals surface area contributed by atoms with Crippen LogP contribution in [0, 0.1) is 0 Å². The molecule has 0 radical (unpaired) electrons. The summed E-state index contributed by atoms with van der Waals surface area (Å²) in [6, 6.07) is 3.79. The van der Waals surface area contributed by atoms with Crippen LogP contribution in [0.4, 0.5) is 5.69 Å². The van der Waals surface area contributed by atoms with Gasteiger partial charge in [0.25, 0.3) is 0 Å². The van der Waals surface area contributed by atoms with Crippen LogP contribution in [0.25, 0.3) is 11.0 Å². The number of nitrogens with two attached hydrogens (primary N) is 1. The number of hydrogen-bond donors (Lipinski definition) is 2. The monoisotopic (exact) mass is 283 g/mol. The number of benzene rings is 1. The Balaban J connectivity index is 2.65. The van der Waals surface area contributed by atoms with Gasteiger partial charge in [-0.2, -0.15) is 0 Å². The second kappa shape index (κ2) is 3.75. The van der Waals surface area contributed by atoms with Gasteiger partial charge in [-0.3, -0.25) is 0 Å². The molecule has 0 aliphatic carbocycles. The number of nitrogen functional groups attached to an aromatic ring is 1. The fourth-order valence-electron chi connectivity index (χ4n) is 1.49. The molecule has 0 saturated carbocycles. The quantitative estimate of drug-likeness (QED) is 0.833. The smallest absolute Gasteiger partial charge is 0.139 e. The van der Waals surface area contributed by atoms with Gasteiger partial charge in [0.05, 0.1) is 11.2 Å². The highest BCUT2D eigenvalue weighted by atomic mass is 79.9. The summed E-state index contributed by atoms with van der Waals surface area (Å²) in [5, 5.41) is 0. The lowest BCUT2D eigenvalue weighted by molar-refractivity contribution is 0.0124. The van der Waals surface area contributed by atoms with Crippen molar-refractivity contribution in [3.8, 4) is 0 Å². The fraction of sp³-hybridized carbons (Fsp3) is 0.364. The number of methoxy groups -OCH3 is 1. The summed E-state index contributed by atoms with van der Waals surface area (Å²) < 4.78 is 6.31. The third kappa shape index (κ3) is 1.81. The number of nitrogens with one attached hydrogen (secondary N) is 1. The van der Waals surface area contributed by atoms with Crippen molar-refractivity contribution in [1.82, 2.24) is 9.97 Å². The molecule has 0 amide bonds. The van der Waals surface area contributed by atoms with Crippen LogP contribution in [0.15, 0.2) is 16.6 Å². The van der Waals surface area contributed by atoms with Gasteiger partial charge in [0.2, 0.25) is 0 Å². The minimum absolute atomic E-state index is 0.446. The Morgan fingerprint density at radius 1 is 1.44 bits per heavy atom. The van der Waals surface area contributed by atoms with E-state index in [9.17, 15) is 0 Å². The number of hydrogen-bond acceptors (Lipinski definition) is 3. The lowest BCUT2D eigenvalue weighted by Gasteiger charge is -2.19. The van der Waals surface area contributed by atoms with E-state index in [0.717, 1.165) is 21.3 Å². The maximum absolute atomic E-state index is 5.90. The molecular weight excluding hydrogens is 270 g/mol. The normalized spacial score (nSPS) is 12.2. The van der Waals surface area contributed by atoms with E-state index < -0.39 is 5.60 Å². The molecule has 0 fully saturated rings. The lowest BCUT2D eigenvalue weighted by Crippen LogP contribution is -2.21. The number of fused-ring (bicyclic) bond motifs is 1. The molecule has 1 aromatic heterocycles. The van der Waals surface area contributed by atoms with Gasteiger partial charge in [-0.15, -0.1) is 0 Å². The van der Waals surface area contributed by atoms with E-state index >= 15 is 0 Å². The second-order valence-corrected chi connectivity index (χ2v) is 5.11. The molecule has 1 aromatic carbocycles. The van der Waals surface area contributed by atoms with Gasteiger partial charge in [-0.25, -0.2) is 4.98 Å². The average molecular weight is 284 g/mol. The summed E-state index contributed by atoms with van der Waals surface area (Å²) in [6.45, 7) is 3.91. The number of aromatic nitrogens is 2. The number of rotatable bonds is 2. The molecule has 0 aliphatic rings. The highest BCUT2D eigenvalue weighted by molar-refractivity contribution is 9.10. The third-order valence-corrected chi connectivity index (χ3v) is 3.12. The number of halogens is 1. The van der Waals surface area contributed by atoms with Crippen LogP contribution < -0.4 is 5.73 Å². The van der Waals surface area contributed by atoms with Crippen molar-refractivity contribution in [2.45, 2.75) is 19.4 Å². The Morgan fingerprint density at radius 2 is 2.12 bits per heavy atom. The second-order valence-electron chi connectivity index (χ2n) is 4.19. The zero-order valence-electron chi connectivity index (χ0n) is 9.47. The Hall–Kier alpha value is -1.07. The number of aromatic amines is 1. The van der Waals surface area contributed by atoms with Crippen molar-refractivity contribution in [1.29, 1.82) is 0 Å². The number of anilines is 1. The van der Waals surface area contributed by atoms with Crippen LogP contribution in [0.3, 0.4) is 0 Å². The molecule has 0 saturated heterocycles. The Labute approximate surface area is 102 Å². The molecule has 0 unspecified atom stereocenters. The maximum atomic E-state index is 5.90. The van der Waals surface area contributed by atoms with Gasteiger partial charge in [-0.05, 0) is 26.0 Å². The fourth-order valence-corrected chi connectivity index (χ4v) is 1.97.